The number of benzene rings is 1. The number of aliphatic hydroxyl groups is 1. The minimum Gasteiger partial charge on any atom is -0.493 e. The zero-order valence-electron chi connectivity index (χ0n) is 13.4. The first-order valence-electron chi connectivity index (χ1n) is 7.53. The molecule has 1 aromatic carbocycles. The fourth-order valence-corrected chi connectivity index (χ4v) is 2.63. The van der Waals surface area contributed by atoms with E-state index in [-0.39, 0.29) is 25.0 Å². The lowest BCUT2D eigenvalue weighted by molar-refractivity contribution is -0.131. The molecular weight excluding hydrogens is 298 g/mol. The Bertz CT molecular complexity index is 576. The highest BCUT2D eigenvalue weighted by Gasteiger charge is 2.34. The third-order valence-electron chi connectivity index (χ3n) is 3.98. The van der Waals surface area contributed by atoms with Gasteiger partial charge in [0.15, 0.2) is 0 Å². The summed E-state index contributed by atoms with van der Waals surface area (Å²) in [5.74, 6) is -0.0755. The van der Waals surface area contributed by atoms with E-state index in [1.165, 1.54) is 0 Å². The molecule has 1 aliphatic rings. The normalized spacial score (nSPS) is 20.8. The van der Waals surface area contributed by atoms with Gasteiger partial charge in [-0.05, 0) is 32.3 Å². The van der Waals surface area contributed by atoms with Crippen molar-refractivity contribution in [2.45, 2.75) is 18.6 Å². The minimum atomic E-state index is -0.526. The Hall–Kier alpha value is -2.12. The zero-order chi connectivity index (χ0) is 17.0. The lowest BCUT2D eigenvalue weighted by Crippen LogP contribution is -2.38. The molecule has 2 rings (SSSR count). The molecule has 2 amide bonds. The van der Waals surface area contributed by atoms with Gasteiger partial charge in [-0.1, -0.05) is 6.07 Å². The molecule has 7 nitrogen and oxygen atoms in total. The molecule has 1 aromatic rings. The van der Waals surface area contributed by atoms with E-state index >= 15 is 0 Å². The van der Waals surface area contributed by atoms with Gasteiger partial charge in [0.25, 0.3) is 0 Å². The summed E-state index contributed by atoms with van der Waals surface area (Å²) in [7, 11) is 3.77. The van der Waals surface area contributed by atoms with E-state index in [4.69, 9.17) is 10.5 Å². The van der Waals surface area contributed by atoms with Gasteiger partial charge in [-0.15, -0.1) is 0 Å². The minimum absolute atomic E-state index is 0.0351. The Morgan fingerprint density at radius 1 is 1.39 bits per heavy atom. The summed E-state index contributed by atoms with van der Waals surface area (Å²) < 4.78 is 5.50. The largest absolute Gasteiger partial charge is 0.493 e. The fourth-order valence-electron chi connectivity index (χ4n) is 2.63. The molecule has 1 saturated heterocycles. The number of likely N-dealkylation sites (tertiary alicyclic amines) is 1. The molecule has 1 heterocycles. The van der Waals surface area contributed by atoms with E-state index in [2.05, 4.69) is 0 Å². The molecular formula is C16H23N3O4. The first-order chi connectivity index (χ1) is 10.9. The van der Waals surface area contributed by atoms with Crippen LogP contribution in [0.5, 0.6) is 5.75 Å². The maximum absolute atomic E-state index is 12.2. The van der Waals surface area contributed by atoms with Crippen molar-refractivity contribution >= 4 is 11.8 Å². The van der Waals surface area contributed by atoms with Crippen LogP contribution in [0.1, 0.15) is 16.8 Å². The number of carbonyl (C=O) groups excluding carboxylic acids is 2. The number of hydrogen-bond donors (Lipinski definition) is 2. The number of likely N-dealkylation sites (N-methyl/N-ethyl adjacent to an activating group) is 1. The van der Waals surface area contributed by atoms with Crippen LogP contribution in [0.25, 0.3) is 0 Å². The highest BCUT2D eigenvalue weighted by atomic mass is 16.5. The number of nitrogens with zero attached hydrogens (tertiary/aromatic N) is 2. The summed E-state index contributed by atoms with van der Waals surface area (Å²) in [6.45, 7) is 1.07. The van der Waals surface area contributed by atoms with Gasteiger partial charge in [-0.25, -0.2) is 0 Å². The molecule has 7 heteroatoms. The van der Waals surface area contributed by atoms with Crippen LogP contribution in [0.15, 0.2) is 24.3 Å². The molecule has 0 aliphatic carbocycles. The van der Waals surface area contributed by atoms with Crippen molar-refractivity contribution in [1.82, 2.24) is 9.80 Å². The lowest BCUT2D eigenvalue weighted by atomic mass is 10.2. The second-order valence-corrected chi connectivity index (χ2v) is 5.89. The van der Waals surface area contributed by atoms with Gasteiger partial charge in [0, 0.05) is 18.7 Å². The highest BCUT2D eigenvalue weighted by molar-refractivity contribution is 5.93. The zero-order valence-corrected chi connectivity index (χ0v) is 13.4. The van der Waals surface area contributed by atoms with Gasteiger partial charge in [-0.2, -0.15) is 0 Å². The molecule has 1 aliphatic heterocycles. The number of hydrogen-bond acceptors (Lipinski definition) is 5. The molecule has 0 unspecified atom stereocenters. The molecule has 0 bridgehead atoms. The van der Waals surface area contributed by atoms with E-state index in [1.807, 2.05) is 19.0 Å². The van der Waals surface area contributed by atoms with Crippen molar-refractivity contribution in [2.75, 3.05) is 33.8 Å². The number of aliphatic hydroxyl groups excluding tert-OH is 1. The van der Waals surface area contributed by atoms with Crippen LogP contribution in [0.3, 0.4) is 0 Å². The summed E-state index contributed by atoms with van der Waals surface area (Å²) >= 11 is 0. The lowest BCUT2D eigenvalue weighted by Gasteiger charge is -2.21. The maximum atomic E-state index is 12.2. The first-order valence-corrected chi connectivity index (χ1v) is 7.53. The van der Waals surface area contributed by atoms with Crippen molar-refractivity contribution in [1.29, 1.82) is 0 Å². The van der Waals surface area contributed by atoms with E-state index < -0.39 is 12.0 Å². The molecule has 23 heavy (non-hydrogen) atoms. The van der Waals surface area contributed by atoms with Gasteiger partial charge in [0.05, 0.1) is 25.2 Å². The maximum Gasteiger partial charge on any atom is 0.248 e. The summed E-state index contributed by atoms with van der Waals surface area (Å²) in [4.78, 5) is 26.8. The molecule has 0 aromatic heterocycles. The van der Waals surface area contributed by atoms with Gasteiger partial charge in [0.2, 0.25) is 11.8 Å². The molecule has 0 radical (unpaired) electrons. The quantitative estimate of drug-likeness (QED) is 0.749. The predicted molar refractivity (Wildman–Crippen MR) is 85.1 cm³/mol. The predicted octanol–water partition coefficient (Wildman–Crippen LogP) is -0.312. The Morgan fingerprint density at radius 3 is 2.74 bits per heavy atom. The van der Waals surface area contributed by atoms with E-state index in [0.717, 1.165) is 0 Å². The second kappa shape index (κ2) is 7.43. The number of β-amino-alcohol motifs (C(OH)–C–C–N with tert-alkyl or cyclic N) is 1. The van der Waals surface area contributed by atoms with Crippen molar-refractivity contribution in [2.24, 2.45) is 5.73 Å². The van der Waals surface area contributed by atoms with Crippen molar-refractivity contribution < 1.29 is 19.4 Å². The van der Waals surface area contributed by atoms with Gasteiger partial charge < -0.3 is 25.4 Å². The summed E-state index contributed by atoms with van der Waals surface area (Å²) in [5.41, 5.74) is 5.58. The van der Waals surface area contributed by atoms with Crippen molar-refractivity contribution in [3.05, 3.63) is 29.8 Å². The first kappa shape index (κ1) is 17.2. The average Bonchev–Trinajstić information content (AvgIpc) is 2.89. The van der Waals surface area contributed by atoms with E-state index in [1.54, 1.807) is 29.2 Å². The number of ether oxygens (including phenoxy) is 1. The van der Waals surface area contributed by atoms with Crippen molar-refractivity contribution in [3.8, 4) is 5.75 Å². The topological polar surface area (TPSA) is 96.1 Å². The van der Waals surface area contributed by atoms with Gasteiger partial charge in [-0.3, -0.25) is 9.59 Å². The summed E-state index contributed by atoms with van der Waals surface area (Å²) in [6, 6.07) is 6.50. The Labute approximate surface area is 135 Å². The highest BCUT2D eigenvalue weighted by Crippen LogP contribution is 2.16. The molecule has 126 valence electrons. The van der Waals surface area contributed by atoms with E-state index in [0.29, 0.717) is 24.4 Å². The van der Waals surface area contributed by atoms with Crippen LogP contribution in [0, 0.1) is 0 Å². The van der Waals surface area contributed by atoms with Crippen LogP contribution in [0.2, 0.25) is 0 Å². The molecule has 1 fully saturated rings. The van der Waals surface area contributed by atoms with Crippen LogP contribution in [-0.4, -0.2) is 72.7 Å². The molecule has 3 N–H and O–H groups in total. The van der Waals surface area contributed by atoms with Crippen LogP contribution in [0.4, 0.5) is 0 Å². The number of nitrogens with two attached hydrogens (primary N) is 1. The molecule has 0 spiro atoms. The fraction of sp³-hybridized carbons (Fsp3) is 0.500. The number of primary amides is 1. The van der Waals surface area contributed by atoms with Crippen LogP contribution in [-0.2, 0) is 4.79 Å². The van der Waals surface area contributed by atoms with Gasteiger partial charge >= 0.3 is 0 Å². The number of rotatable bonds is 6. The standard InChI is InChI=1S/C16H23N3O4/c1-18(2)13-9-19(10-14(13)20)15(21)6-7-23-12-5-3-4-11(8-12)16(17)22/h3-5,8,13-14,20H,6-7,9-10H2,1-2H3,(H2,17,22)/t13-,14-/m0/s1. The molecule has 0 saturated carbocycles. The van der Waals surface area contributed by atoms with Crippen LogP contribution < -0.4 is 10.5 Å². The number of carbonyl (C=O) groups is 2. The summed E-state index contributed by atoms with van der Waals surface area (Å²) in [6.07, 6.45) is -0.310. The Morgan fingerprint density at radius 2 is 2.13 bits per heavy atom. The van der Waals surface area contributed by atoms with Crippen LogP contribution >= 0.6 is 0 Å². The second-order valence-electron chi connectivity index (χ2n) is 5.89. The monoisotopic (exact) mass is 321 g/mol. The Balaban J connectivity index is 1.81. The third-order valence-corrected chi connectivity index (χ3v) is 3.98. The van der Waals surface area contributed by atoms with Gasteiger partial charge in [0.1, 0.15) is 5.75 Å². The summed E-state index contributed by atoms with van der Waals surface area (Å²) in [5, 5.41) is 9.95. The SMILES string of the molecule is CN(C)[C@H]1CN(C(=O)CCOc2cccc(C(N)=O)c2)C[C@@H]1O. The van der Waals surface area contributed by atoms with Crippen molar-refractivity contribution in [3.63, 3.8) is 0 Å². The third kappa shape index (κ3) is 4.43. The molecule has 2 atom stereocenters. The van der Waals surface area contributed by atoms with E-state index in [9.17, 15) is 14.7 Å². The smallest absolute Gasteiger partial charge is 0.248 e. The number of amides is 2. The Kier molecular flexibility index (Phi) is 5.57. The average molecular weight is 321 g/mol.